The van der Waals surface area contributed by atoms with Gasteiger partial charge in [-0.3, -0.25) is 14.9 Å². The number of thiazole rings is 1. The van der Waals surface area contributed by atoms with Crippen LogP contribution in [0.4, 0.5) is 10.8 Å². The molecule has 7 nitrogen and oxygen atoms in total. The van der Waals surface area contributed by atoms with Crippen LogP contribution in [0, 0.1) is 10.1 Å². The molecule has 0 saturated carbocycles. The molecule has 0 atom stereocenters. The zero-order valence-corrected chi connectivity index (χ0v) is 12.0. The number of carbonyl (C=O) groups excluding carboxylic acids is 1. The van der Waals surface area contributed by atoms with Crippen molar-refractivity contribution < 1.29 is 9.72 Å². The number of nitrogens with one attached hydrogen (secondary N) is 2. The van der Waals surface area contributed by atoms with E-state index < -0.39 is 4.92 Å². The van der Waals surface area contributed by atoms with Gasteiger partial charge in [0, 0.05) is 18.6 Å². The Hall–Kier alpha value is -2.13. The third-order valence-corrected chi connectivity index (χ3v) is 3.52. The van der Waals surface area contributed by atoms with Gasteiger partial charge in [0.1, 0.15) is 0 Å². The average Bonchev–Trinajstić information content (AvgIpc) is 2.78. The lowest BCUT2D eigenvalue weighted by molar-refractivity contribution is -0.384. The zero-order chi connectivity index (χ0) is 14.7. The molecule has 1 aromatic heterocycles. The molecule has 1 heterocycles. The molecule has 1 aromatic carbocycles. The fourth-order valence-electron chi connectivity index (χ4n) is 1.42. The number of hydrogen-bond acceptors (Lipinski definition) is 6. The van der Waals surface area contributed by atoms with Gasteiger partial charge in [-0.25, -0.2) is 4.98 Å². The van der Waals surface area contributed by atoms with E-state index in [4.69, 9.17) is 12.2 Å². The molecular formula is C11H10N4O3S2. The summed E-state index contributed by atoms with van der Waals surface area (Å²) in [5.41, 5.74) is 0.641. The van der Waals surface area contributed by atoms with Crippen molar-refractivity contribution in [3.8, 4) is 0 Å². The van der Waals surface area contributed by atoms with Crippen molar-refractivity contribution >= 4 is 55.6 Å². The number of amides is 1. The minimum atomic E-state index is -0.460. The van der Waals surface area contributed by atoms with Crippen LogP contribution in [0.3, 0.4) is 0 Å². The lowest BCUT2D eigenvalue weighted by atomic mass is 10.3. The minimum absolute atomic E-state index is 0.00885. The normalized spacial score (nSPS) is 10.2. The van der Waals surface area contributed by atoms with Crippen LogP contribution in [0.2, 0.25) is 0 Å². The lowest BCUT2D eigenvalue weighted by Gasteiger charge is -2.04. The number of nitro groups is 1. The van der Waals surface area contributed by atoms with E-state index in [1.54, 1.807) is 13.0 Å². The zero-order valence-electron chi connectivity index (χ0n) is 10.4. The summed E-state index contributed by atoms with van der Waals surface area (Å²) in [6.07, 6.45) is 0.327. The van der Waals surface area contributed by atoms with Gasteiger partial charge in [-0.1, -0.05) is 18.3 Å². The van der Waals surface area contributed by atoms with Crippen molar-refractivity contribution in [1.29, 1.82) is 0 Å². The summed E-state index contributed by atoms with van der Waals surface area (Å²) in [5.74, 6) is -0.195. The highest BCUT2D eigenvalue weighted by Crippen LogP contribution is 2.28. The number of rotatable bonds is 3. The Labute approximate surface area is 123 Å². The molecule has 0 spiro atoms. The van der Waals surface area contributed by atoms with Gasteiger partial charge in [0.15, 0.2) is 10.2 Å². The molecule has 2 rings (SSSR count). The maximum atomic E-state index is 11.2. The largest absolute Gasteiger partial charge is 0.308 e. The van der Waals surface area contributed by atoms with Gasteiger partial charge in [-0.2, -0.15) is 0 Å². The Balaban J connectivity index is 2.17. The maximum absolute atomic E-state index is 11.2. The Kier molecular flexibility index (Phi) is 4.20. The highest BCUT2D eigenvalue weighted by atomic mass is 32.1. The molecule has 0 aliphatic carbocycles. The van der Waals surface area contributed by atoms with Crippen LogP contribution in [-0.4, -0.2) is 20.9 Å². The maximum Gasteiger partial charge on any atom is 0.270 e. The molecule has 104 valence electrons. The van der Waals surface area contributed by atoms with Crippen LogP contribution in [-0.2, 0) is 4.79 Å². The fourth-order valence-corrected chi connectivity index (χ4v) is 2.60. The summed E-state index contributed by atoms with van der Waals surface area (Å²) in [6, 6.07) is 4.41. The Morgan fingerprint density at radius 3 is 2.95 bits per heavy atom. The molecule has 20 heavy (non-hydrogen) atoms. The summed E-state index contributed by atoms with van der Waals surface area (Å²) in [5, 5.41) is 16.6. The van der Waals surface area contributed by atoms with E-state index in [0.717, 1.165) is 0 Å². The van der Waals surface area contributed by atoms with Crippen molar-refractivity contribution in [2.45, 2.75) is 13.3 Å². The van der Waals surface area contributed by atoms with E-state index in [-0.39, 0.29) is 16.7 Å². The van der Waals surface area contributed by atoms with Crippen LogP contribution in [0.1, 0.15) is 13.3 Å². The van der Waals surface area contributed by atoms with Gasteiger partial charge >= 0.3 is 0 Å². The predicted octanol–water partition coefficient (Wildman–Crippen LogP) is 2.43. The Bertz CT molecular complexity index is 698. The third-order valence-electron chi connectivity index (χ3n) is 2.38. The van der Waals surface area contributed by atoms with E-state index >= 15 is 0 Å². The summed E-state index contributed by atoms with van der Waals surface area (Å²) < 4.78 is 0.673. The number of aromatic nitrogens is 1. The number of carbonyl (C=O) groups is 1. The Morgan fingerprint density at radius 2 is 2.30 bits per heavy atom. The van der Waals surface area contributed by atoms with E-state index in [2.05, 4.69) is 15.6 Å². The van der Waals surface area contributed by atoms with Crippen LogP contribution < -0.4 is 10.6 Å². The highest BCUT2D eigenvalue weighted by Gasteiger charge is 2.11. The smallest absolute Gasteiger partial charge is 0.270 e. The van der Waals surface area contributed by atoms with Crippen LogP contribution in [0.5, 0.6) is 0 Å². The van der Waals surface area contributed by atoms with Crippen molar-refractivity contribution in [2.24, 2.45) is 0 Å². The van der Waals surface area contributed by atoms with Gasteiger partial charge in [-0.05, 0) is 18.3 Å². The second-order valence-corrected chi connectivity index (χ2v) is 5.22. The first-order valence-corrected chi connectivity index (χ1v) is 6.88. The van der Waals surface area contributed by atoms with Crippen molar-refractivity contribution in [2.75, 3.05) is 5.32 Å². The van der Waals surface area contributed by atoms with Crippen LogP contribution >= 0.6 is 23.6 Å². The summed E-state index contributed by atoms with van der Waals surface area (Å²) in [7, 11) is 0. The number of benzene rings is 1. The second kappa shape index (κ2) is 5.88. The number of nitrogens with zero attached hydrogens (tertiary/aromatic N) is 2. The van der Waals surface area contributed by atoms with Crippen molar-refractivity contribution in [1.82, 2.24) is 10.3 Å². The Morgan fingerprint density at radius 1 is 1.55 bits per heavy atom. The van der Waals surface area contributed by atoms with Gasteiger partial charge in [0.25, 0.3) is 5.69 Å². The standard InChI is InChI=1S/C11H10N4O3S2/c1-2-9(16)13-10(19)14-11-12-7-4-3-6(15(17)18)5-8(7)20-11/h3-5H,2H2,1H3,(H2,12,13,14,16,19). The topological polar surface area (TPSA) is 97.2 Å². The minimum Gasteiger partial charge on any atom is -0.308 e. The third kappa shape index (κ3) is 3.25. The molecule has 0 radical (unpaired) electrons. The summed E-state index contributed by atoms with van der Waals surface area (Å²) in [6.45, 7) is 1.72. The molecule has 2 aromatic rings. The first-order valence-electron chi connectivity index (χ1n) is 5.65. The molecule has 0 unspecified atom stereocenters. The lowest BCUT2D eigenvalue weighted by Crippen LogP contribution is -2.33. The van der Waals surface area contributed by atoms with Gasteiger partial charge in [0.2, 0.25) is 5.91 Å². The summed E-state index contributed by atoms with van der Waals surface area (Å²) >= 11 is 6.19. The van der Waals surface area contributed by atoms with E-state index in [1.165, 1.54) is 23.5 Å². The highest BCUT2D eigenvalue weighted by molar-refractivity contribution is 7.80. The molecule has 0 aliphatic rings. The van der Waals surface area contributed by atoms with Gasteiger partial charge in [0.05, 0.1) is 15.1 Å². The predicted molar refractivity (Wildman–Crippen MR) is 80.9 cm³/mol. The molecule has 0 aliphatic heterocycles. The number of thiocarbonyl (C=S) groups is 1. The van der Waals surface area contributed by atoms with Crippen molar-refractivity contribution in [3.63, 3.8) is 0 Å². The number of anilines is 1. The van der Waals surface area contributed by atoms with Gasteiger partial charge in [-0.15, -0.1) is 0 Å². The number of nitro benzene ring substituents is 1. The molecule has 9 heteroatoms. The molecule has 2 N–H and O–H groups in total. The van der Waals surface area contributed by atoms with Crippen molar-refractivity contribution in [3.05, 3.63) is 28.3 Å². The molecule has 0 saturated heterocycles. The molecule has 1 amide bonds. The average molecular weight is 310 g/mol. The molecular weight excluding hydrogens is 300 g/mol. The van der Waals surface area contributed by atoms with Gasteiger partial charge < -0.3 is 10.6 Å². The van der Waals surface area contributed by atoms with E-state index in [9.17, 15) is 14.9 Å². The first kappa shape index (κ1) is 14.3. The second-order valence-electron chi connectivity index (χ2n) is 3.78. The first-order chi connectivity index (χ1) is 9.49. The van der Waals surface area contributed by atoms with Crippen LogP contribution in [0.15, 0.2) is 18.2 Å². The molecule has 0 fully saturated rings. The SMILES string of the molecule is CCC(=O)NC(=S)Nc1nc2ccc([N+](=O)[O-])cc2s1. The van der Waals surface area contributed by atoms with E-state index in [1.807, 2.05) is 0 Å². The monoisotopic (exact) mass is 310 g/mol. The fraction of sp³-hybridized carbons (Fsp3) is 0.182. The number of hydrogen-bond donors (Lipinski definition) is 2. The number of non-ortho nitro benzene ring substituents is 1. The molecule has 0 bridgehead atoms. The van der Waals surface area contributed by atoms with E-state index in [0.29, 0.717) is 21.8 Å². The summed E-state index contributed by atoms with van der Waals surface area (Å²) in [4.78, 5) is 25.6. The number of fused-ring (bicyclic) bond motifs is 1. The quantitative estimate of drug-likeness (QED) is 0.513. The van der Waals surface area contributed by atoms with Crippen LogP contribution in [0.25, 0.3) is 10.2 Å².